The molecule has 4 nitrogen and oxygen atoms in total. The lowest BCUT2D eigenvalue weighted by Gasteiger charge is -2.06. The molecule has 0 aliphatic rings. The molecule has 0 bridgehead atoms. The number of nitrogens with one attached hydrogen (secondary N) is 1. The largest absolute Gasteiger partial charge is 0.481 e. The van der Waals surface area contributed by atoms with Crippen molar-refractivity contribution in [3.63, 3.8) is 0 Å². The average molecular weight is 395 g/mol. The highest BCUT2D eigenvalue weighted by molar-refractivity contribution is 7.99. The Balaban J connectivity index is 1.66. The van der Waals surface area contributed by atoms with E-state index in [2.05, 4.69) is 34.2 Å². The van der Waals surface area contributed by atoms with Crippen LogP contribution in [0.2, 0.25) is 5.02 Å². The molecule has 4 rings (SSSR count). The topological polar surface area (TPSA) is 66.0 Å². The van der Waals surface area contributed by atoms with E-state index in [-0.39, 0.29) is 5.75 Å². The number of H-pyrrole nitrogens is 1. The quantitative estimate of drug-likeness (QED) is 0.424. The number of carbonyl (C=O) groups is 1. The van der Waals surface area contributed by atoms with Crippen LogP contribution in [0.3, 0.4) is 0 Å². The van der Waals surface area contributed by atoms with Gasteiger partial charge in [-0.05, 0) is 23.3 Å². The fourth-order valence-electron chi connectivity index (χ4n) is 2.88. The molecule has 27 heavy (non-hydrogen) atoms. The zero-order valence-electron chi connectivity index (χ0n) is 14.1. The van der Waals surface area contributed by atoms with Crippen molar-refractivity contribution in [1.82, 2.24) is 9.97 Å². The van der Waals surface area contributed by atoms with Gasteiger partial charge in [-0.2, -0.15) is 0 Å². The van der Waals surface area contributed by atoms with E-state index < -0.39 is 5.97 Å². The van der Waals surface area contributed by atoms with Gasteiger partial charge in [-0.15, -0.1) is 0 Å². The summed E-state index contributed by atoms with van der Waals surface area (Å²) in [5.41, 5.74) is 5.47. The third kappa shape index (κ3) is 3.84. The van der Waals surface area contributed by atoms with Gasteiger partial charge in [0.25, 0.3) is 0 Å². The normalized spacial score (nSPS) is 11.0. The molecular formula is C21H15ClN2O2S. The smallest absolute Gasteiger partial charge is 0.313 e. The van der Waals surface area contributed by atoms with Gasteiger partial charge in [0, 0.05) is 5.56 Å². The van der Waals surface area contributed by atoms with E-state index in [0.29, 0.717) is 10.7 Å². The highest BCUT2D eigenvalue weighted by Gasteiger charge is 2.11. The molecule has 2 aromatic carbocycles. The molecule has 4 aromatic rings. The molecule has 0 unspecified atom stereocenters. The second kappa shape index (κ2) is 7.47. The molecule has 0 fully saturated rings. The van der Waals surface area contributed by atoms with Crippen LogP contribution in [-0.4, -0.2) is 26.8 Å². The predicted octanol–water partition coefficient (Wildman–Crippen LogP) is 5.73. The second-order valence-corrected chi connectivity index (χ2v) is 7.44. The number of rotatable bonds is 5. The first kappa shape index (κ1) is 17.6. The van der Waals surface area contributed by atoms with Gasteiger partial charge in [0.15, 0.2) is 0 Å². The maximum atomic E-state index is 10.7. The van der Waals surface area contributed by atoms with Gasteiger partial charge >= 0.3 is 5.97 Å². The zero-order chi connectivity index (χ0) is 18.8. The Morgan fingerprint density at radius 1 is 1.00 bits per heavy atom. The zero-order valence-corrected chi connectivity index (χ0v) is 15.7. The van der Waals surface area contributed by atoms with Gasteiger partial charge in [0.05, 0.1) is 32.5 Å². The van der Waals surface area contributed by atoms with Crippen LogP contribution in [0.4, 0.5) is 0 Å². The minimum Gasteiger partial charge on any atom is -0.481 e. The Bertz CT molecular complexity index is 1110. The van der Waals surface area contributed by atoms with E-state index in [0.717, 1.165) is 32.7 Å². The lowest BCUT2D eigenvalue weighted by Crippen LogP contribution is -1.97. The van der Waals surface area contributed by atoms with Crippen LogP contribution in [0.25, 0.3) is 33.4 Å². The number of hydrogen-bond acceptors (Lipinski definition) is 3. The predicted molar refractivity (Wildman–Crippen MR) is 110 cm³/mol. The number of nitrogens with zero attached hydrogens (tertiary/aromatic N) is 1. The first-order valence-electron chi connectivity index (χ1n) is 8.30. The number of aliphatic carboxylic acids is 1. The molecule has 2 heterocycles. The lowest BCUT2D eigenvalue weighted by molar-refractivity contribution is -0.133. The maximum absolute atomic E-state index is 10.7. The van der Waals surface area contributed by atoms with Gasteiger partial charge < -0.3 is 10.1 Å². The van der Waals surface area contributed by atoms with Gasteiger partial charge in [-0.3, -0.25) is 4.79 Å². The average Bonchev–Trinajstić information content (AvgIpc) is 3.08. The first-order chi connectivity index (χ1) is 13.1. The molecule has 0 amide bonds. The summed E-state index contributed by atoms with van der Waals surface area (Å²) in [6, 6.07) is 22.0. The van der Waals surface area contributed by atoms with E-state index in [9.17, 15) is 4.79 Å². The summed E-state index contributed by atoms with van der Waals surface area (Å²) >= 11 is 7.67. The molecule has 0 saturated heterocycles. The molecule has 0 atom stereocenters. The number of benzene rings is 2. The maximum Gasteiger partial charge on any atom is 0.313 e. The van der Waals surface area contributed by atoms with Gasteiger partial charge in [0.1, 0.15) is 0 Å². The lowest BCUT2D eigenvalue weighted by atomic mass is 10.0. The minimum atomic E-state index is -0.858. The van der Waals surface area contributed by atoms with Crippen LogP contribution in [0, 0.1) is 0 Å². The van der Waals surface area contributed by atoms with E-state index in [4.69, 9.17) is 16.7 Å². The molecule has 2 N–H and O–H groups in total. The summed E-state index contributed by atoms with van der Waals surface area (Å²) in [6.07, 6.45) is 0. The summed E-state index contributed by atoms with van der Waals surface area (Å²) in [6.45, 7) is 0. The van der Waals surface area contributed by atoms with Crippen LogP contribution in [-0.2, 0) is 4.79 Å². The molecule has 2 aromatic heterocycles. The molecule has 134 valence electrons. The molecule has 6 heteroatoms. The monoisotopic (exact) mass is 394 g/mol. The van der Waals surface area contributed by atoms with Crippen LogP contribution in [0.5, 0.6) is 0 Å². The summed E-state index contributed by atoms with van der Waals surface area (Å²) in [5.74, 6) is -0.863. The number of fused-ring (bicyclic) bond motifs is 1. The van der Waals surface area contributed by atoms with Crippen molar-refractivity contribution in [2.24, 2.45) is 0 Å². The Morgan fingerprint density at radius 3 is 2.37 bits per heavy atom. The van der Waals surface area contributed by atoms with Crippen molar-refractivity contribution in [3.8, 4) is 22.4 Å². The SMILES string of the molecule is O=C(O)CSc1cc2nc(-c3ccc(-c4ccccc4)cc3)c(Cl)cc2[nH]1. The molecule has 0 saturated carbocycles. The van der Waals surface area contributed by atoms with Crippen molar-refractivity contribution in [2.45, 2.75) is 5.03 Å². The van der Waals surface area contributed by atoms with E-state index in [1.807, 2.05) is 42.5 Å². The number of halogens is 1. The van der Waals surface area contributed by atoms with Crippen molar-refractivity contribution in [3.05, 3.63) is 71.8 Å². The molecule has 0 spiro atoms. The minimum absolute atomic E-state index is 0.00560. The number of aromatic nitrogens is 2. The number of hydrogen-bond donors (Lipinski definition) is 2. The first-order valence-corrected chi connectivity index (χ1v) is 9.66. The summed E-state index contributed by atoms with van der Waals surface area (Å²) in [7, 11) is 0. The van der Waals surface area contributed by atoms with Crippen molar-refractivity contribution in [1.29, 1.82) is 0 Å². The molecule has 0 aliphatic heterocycles. The number of aromatic amines is 1. The van der Waals surface area contributed by atoms with Gasteiger partial charge in [-0.1, -0.05) is 78.0 Å². The second-order valence-electron chi connectivity index (χ2n) is 6.01. The van der Waals surface area contributed by atoms with Crippen molar-refractivity contribution >= 4 is 40.4 Å². The Kier molecular flexibility index (Phi) is 4.88. The van der Waals surface area contributed by atoms with E-state index in [1.165, 1.54) is 11.8 Å². The Labute approximate surface area is 165 Å². The van der Waals surface area contributed by atoms with Crippen LogP contribution < -0.4 is 0 Å². The third-order valence-electron chi connectivity index (χ3n) is 4.15. The number of carboxylic acids is 1. The Morgan fingerprint density at radius 2 is 1.67 bits per heavy atom. The summed E-state index contributed by atoms with van der Waals surface area (Å²) in [4.78, 5) is 18.6. The van der Waals surface area contributed by atoms with Crippen LogP contribution in [0.15, 0.2) is 71.8 Å². The fraction of sp³-hybridized carbons (Fsp3) is 0.0476. The van der Waals surface area contributed by atoms with Crippen molar-refractivity contribution in [2.75, 3.05) is 5.75 Å². The number of pyridine rings is 1. The fourth-order valence-corrected chi connectivity index (χ4v) is 3.79. The highest BCUT2D eigenvalue weighted by atomic mass is 35.5. The van der Waals surface area contributed by atoms with E-state index in [1.54, 1.807) is 0 Å². The molecule has 0 aliphatic carbocycles. The van der Waals surface area contributed by atoms with Crippen molar-refractivity contribution < 1.29 is 9.90 Å². The van der Waals surface area contributed by atoms with Gasteiger partial charge in [-0.25, -0.2) is 4.98 Å². The van der Waals surface area contributed by atoms with Crippen LogP contribution in [0.1, 0.15) is 0 Å². The molecular weight excluding hydrogens is 380 g/mol. The summed E-state index contributed by atoms with van der Waals surface area (Å²) < 4.78 is 0. The highest BCUT2D eigenvalue weighted by Crippen LogP contribution is 2.32. The number of thioether (sulfide) groups is 1. The number of carboxylic acid groups (broad SMARTS) is 1. The summed E-state index contributed by atoms with van der Waals surface area (Å²) in [5, 5.41) is 10.1. The van der Waals surface area contributed by atoms with Gasteiger partial charge in [0.2, 0.25) is 0 Å². The standard InChI is InChI=1S/C21H15ClN2O2S/c22-16-10-17-18(11-19(23-17)27-12-20(25)26)24-21(16)15-8-6-14(7-9-15)13-4-2-1-3-5-13/h1-11,23H,12H2,(H,25,26). The molecule has 0 radical (unpaired) electrons. The van der Waals surface area contributed by atoms with E-state index >= 15 is 0 Å². The van der Waals surface area contributed by atoms with Crippen LogP contribution >= 0.6 is 23.4 Å². The third-order valence-corrected chi connectivity index (χ3v) is 5.36. The Hall–Kier alpha value is -2.76.